The minimum atomic E-state index is -0.991. The van der Waals surface area contributed by atoms with Gasteiger partial charge in [-0.2, -0.15) is 15.2 Å². The first kappa shape index (κ1) is 31.8. The van der Waals surface area contributed by atoms with E-state index in [1.54, 1.807) is 0 Å². The lowest BCUT2D eigenvalue weighted by molar-refractivity contribution is -0.131. The van der Waals surface area contributed by atoms with Gasteiger partial charge in [0.15, 0.2) is 5.83 Å². The largest absolute Gasteiger partial charge is 0.462 e. The summed E-state index contributed by atoms with van der Waals surface area (Å²) in [5.41, 5.74) is 2.91. The fraction of sp³-hybridized carbons (Fsp3) is 0.400. The Morgan fingerprint density at radius 1 is 1.15 bits per heavy atom. The number of carbonyl (C=O) groups is 1. The van der Waals surface area contributed by atoms with Crippen molar-refractivity contribution >= 4 is 45.9 Å². The lowest BCUT2D eigenvalue weighted by Gasteiger charge is -2.42. The van der Waals surface area contributed by atoms with E-state index in [1.807, 2.05) is 18.2 Å². The van der Waals surface area contributed by atoms with Crippen molar-refractivity contribution in [1.82, 2.24) is 24.8 Å². The van der Waals surface area contributed by atoms with Crippen LogP contribution in [0.5, 0.6) is 6.01 Å². The van der Waals surface area contributed by atoms with Crippen LogP contribution >= 0.6 is 11.6 Å². The van der Waals surface area contributed by atoms with Gasteiger partial charge in [0.1, 0.15) is 18.7 Å². The van der Waals surface area contributed by atoms with Crippen molar-refractivity contribution in [2.45, 2.75) is 44.3 Å². The highest BCUT2D eigenvalue weighted by Crippen LogP contribution is 2.37. The summed E-state index contributed by atoms with van der Waals surface area (Å²) in [5.74, 6) is -1.06. The molecule has 4 aromatic rings. The Bertz CT molecular complexity index is 1870. The third-order valence-electron chi connectivity index (χ3n) is 9.55. The lowest BCUT2D eigenvalue weighted by atomic mass is 10.0. The van der Waals surface area contributed by atoms with E-state index in [-0.39, 0.29) is 24.9 Å². The third-order valence-corrected chi connectivity index (χ3v) is 9.86. The van der Waals surface area contributed by atoms with Gasteiger partial charge in [0, 0.05) is 54.9 Å². The number of halogens is 2. The summed E-state index contributed by atoms with van der Waals surface area (Å²) in [6.45, 7) is 3.68. The molecule has 2 saturated heterocycles. The summed E-state index contributed by atoms with van der Waals surface area (Å²) in [6.07, 6.45) is 6.55. The molecular weight excluding hydrogens is 635 g/mol. The van der Waals surface area contributed by atoms with E-state index in [4.69, 9.17) is 30.7 Å². The average molecular weight is 671 g/mol. The Hall–Kier alpha value is -4.73. The summed E-state index contributed by atoms with van der Waals surface area (Å²) in [7, 11) is 2.10. The fourth-order valence-electron chi connectivity index (χ4n) is 7.03. The number of hydrogen-bond donors (Lipinski definition) is 0. The number of nitrogens with zero attached hydrogens (tertiary/aromatic N) is 8. The number of nitriles is 1. The zero-order chi connectivity index (χ0) is 33.2. The monoisotopic (exact) mass is 670 g/mol. The second-order valence-electron chi connectivity index (χ2n) is 12.5. The van der Waals surface area contributed by atoms with Crippen molar-refractivity contribution in [2.75, 3.05) is 56.2 Å². The molecule has 2 aromatic carbocycles. The van der Waals surface area contributed by atoms with Crippen LogP contribution in [0.3, 0.4) is 0 Å². The van der Waals surface area contributed by atoms with E-state index in [9.17, 15) is 10.1 Å². The molecule has 2 atom stereocenters. The standard InChI is InChI=1S/C35H36ClFN8O3/c1-42-14-4-7-25(42)22-48-35-40-29-21-43(30-9-3-6-23-5-2-8-27(36)32(23)30)15-11-26(29)33(41-35)44-16-17-45(24(20-44)10-12-38)34(46)28(37)19-31-39-13-18-47-31/h2-3,5-6,8-9,13,18-19,24-25H,4,7,10-11,14-17,20-22H2,1H3/b28-19-. The van der Waals surface area contributed by atoms with Gasteiger partial charge in [0.2, 0.25) is 5.89 Å². The van der Waals surface area contributed by atoms with Gasteiger partial charge in [0.05, 0.1) is 42.0 Å². The zero-order valence-electron chi connectivity index (χ0n) is 26.7. The number of rotatable bonds is 8. The second kappa shape index (κ2) is 13.8. The van der Waals surface area contributed by atoms with Crippen molar-refractivity contribution < 1.29 is 18.3 Å². The van der Waals surface area contributed by atoms with Crippen LogP contribution in [0, 0.1) is 11.3 Å². The molecule has 2 fully saturated rings. The number of carbonyl (C=O) groups excluding carboxylic acids is 1. The molecule has 0 aliphatic carbocycles. The number of aromatic nitrogens is 3. The van der Waals surface area contributed by atoms with Crippen molar-refractivity contribution in [2.24, 2.45) is 0 Å². The maximum atomic E-state index is 15.0. The molecule has 2 unspecified atom stereocenters. The van der Waals surface area contributed by atoms with Gasteiger partial charge in [-0.05, 0) is 50.4 Å². The average Bonchev–Trinajstić information content (AvgIpc) is 3.77. The Morgan fingerprint density at radius 2 is 2.00 bits per heavy atom. The summed E-state index contributed by atoms with van der Waals surface area (Å²) in [5, 5.41) is 12.5. The number of amides is 1. The molecule has 0 N–H and O–H groups in total. The first-order valence-electron chi connectivity index (χ1n) is 16.2. The maximum Gasteiger partial charge on any atom is 0.318 e. The molecule has 48 heavy (non-hydrogen) atoms. The van der Waals surface area contributed by atoms with E-state index < -0.39 is 17.8 Å². The maximum absolute atomic E-state index is 15.0. The van der Waals surface area contributed by atoms with Crippen molar-refractivity contribution in [3.63, 3.8) is 0 Å². The number of ether oxygens (including phenoxy) is 1. The van der Waals surface area contributed by atoms with Crippen LogP contribution in [-0.4, -0.2) is 89.1 Å². The SMILES string of the molecule is CN1CCCC1COc1nc2c(c(N3CCN(C(=O)/C(F)=C/c4ncco4)C(CC#N)C3)n1)CCN(c1cccc3cccc(Cl)c13)C2. The highest BCUT2D eigenvalue weighted by atomic mass is 35.5. The highest BCUT2D eigenvalue weighted by molar-refractivity contribution is 6.36. The summed E-state index contributed by atoms with van der Waals surface area (Å²) < 4.78 is 26.4. The number of likely N-dealkylation sites (N-methyl/N-ethyl adjacent to an activating group) is 1. The van der Waals surface area contributed by atoms with Gasteiger partial charge in [-0.15, -0.1) is 0 Å². The molecule has 7 rings (SSSR count). The van der Waals surface area contributed by atoms with Gasteiger partial charge in [0.25, 0.3) is 5.91 Å². The quantitative estimate of drug-likeness (QED) is 0.230. The van der Waals surface area contributed by atoms with Gasteiger partial charge in [-0.3, -0.25) is 4.79 Å². The Balaban J connectivity index is 1.19. The molecule has 13 heteroatoms. The van der Waals surface area contributed by atoms with E-state index in [0.29, 0.717) is 43.7 Å². The molecule has 0 spiro atoms. The van der Waals surface area contributed by atoms with Crippen molar-refractivity contribution in [1.29, 1.82) is 5.26 Å². The van der Waals surface area contributed by atoms with E-state index in [0.717, 1.165) is 65.5 Å². The fourth-order valence-corrected chi connectivity index (χ4v) is 7.31. The predicted octanol–water partition coefficient (Wildman–Crippen LogP) is 5.25. The van der Waals surface area contributed by atoms with Crippen LogP contribution < -0.4 is 14.5 Å². The number of oxazole rings is 1. The molecule has 5 heterocycles. The number of likely N-dealkylation sites (tertiary alicyclic amines) is 1. The summed E-state index contributed by atoms with van der Waals surface area (Å²) in [4.78, 5) is 35.0. The summed E-state index contributed by atoms with van der Waals surface area (Å²) in [6, 6.07) is 14.3. The lowest BCUT2D eigenvalue weighted by Crippen LogP contribution is -2.56. The van der Waals surface area contributed by atoms with Gasteiger partial charge in [-0.1, -0.05) is 35.9 Å². The molecule has 3 aliphatic heterocycles. The third kappa shape index (κ3) is 6.40. The Morgan fingerprint density at radius 3 is 2.77 bits per heavy atom. The molecule has 11 nitrogen and oxygen atoms in total. The van der Waals surface area contributed by atoms with Crippen molar-refractivity contribution in [3.8, 4) is 12.1 Å². The Labute approximate surface area is 283 Å². The number of piperazine rings is 1. The number of benzene rings is 2. The minimum Gasteiger partial charge on any atom is -0.462 e. The van der Waals surface area contributed by atoms with Crippen LogP contribution in [0.4, 0.5) is 15.9 Å². The first-order valence-corrected chi connectivity index (χ1v) is 16.6. The van der Waals surface area contributed by atoms with Gasteiger partial charge in [-0.25, -0.2) is 9.37 Å². The normalized spacial score (nSPS) is 20.2. The molecular formula is C35H36ClFN8O3. The molecule has 0 saturated carbocycles. The second-order valence-corrected chi connectivity index (χ2v) is 12.9. The Kier molecular flexibility index (Phi) is 9.15. The van der Waals surface area contributed by atoms with E-state index in [1.165, 1.54) is 17.4 Å². The van der Waals surface area contributed by atoms with Gasteiger partial charge >= 0.3 is 6.01 Å². The van der Waals surface area contributed by atoms with E-state index in [2.05, 4.69) is 51.0 Å². The first-order chi connectivity index (χ1) is 23.4. The molecule has 2 aromatic heterocycles. The van der Waals surface area contributed by atoms with Crippen LogP contribution in [-0.2, 0) is 17.8 Å². The molecule has 0 radical (unpaired) electrons. The van der Waals surface area contributed by atoms with E-state index >= 15 is 4.39 Å². The minimum absolute atomic E-state index is 0.0000695. The molecule has 248 valence electrons. The van der Waals surface area contributed by atoms with Crippen molar-refractivity contribution in [3.05, 3.63) is 76.9 Å². The molecule has 1 amide bonds. The smallest absolute Gasteiger partial charge is 0.318 e. The van der Waals surface area contributed by atoms with Crippen LogP contribution in [0.1, 0.15) is 36.4 Å². The highest BCUT2D eigenvalue weighted by Gasteiger charge is 2.35. The summed E-state index contributed by atoms with van der Waals surface area (Å²) >= 11 is 6.71. The molecule has 3 aliphatic rings. The van der Waals surface area contributed by atoms with Crippen LogP contribution in [0.15, 0.2) is 59.1 Å². The van der Waals surface area contributed by atoms with Gasteiger partial charge < -0.3 is 28.8 Å². The number of hydrogen-bond acceptors (Lipinski definition) is 10. The topological polar surface area (TPSA) is 115 Å². The molecule has 0 bridgehead atoms. The van der Waals surface area contributed by atoms with Crippen LogP contribution in [0.25, 0.3) is 16.8 Å². The number of fused-ring (bicyclic) bond motifs is 2. The zero-order valence-corrected chi connectivity index (χ0v) is 27.4. The van der Waals surface area contributed by atoms with Crippen LogP contribution in [0.2, 0.25) is 5.02 Å². The predicted molar refractivity (Wildman–Crippen MR) is 180 cm³/mol. The number of anilines is 2.